The minimum Gasteiger partial charge on any atom is -0.508 e. The van der Waals surface area contributed by atoms with Crippen molar-refractivity contribution in [1.29, 1.82) is 0 Å². The molecule has 0 fully saturated rings. The fourth-order valence-electron chi connectivity index (χ4n) is 4.90. The van der Waals surface area contributed by atoms with Gasteiger partial charge in [-0.25, -0.2) is 0 Å². The first-order valence-corrected chi connectivity index (χ1v) is 10.4. The third-order valence-corrected chi connectivity index (χ3v) is 7.04. The molecule has 0 spiro atoms. The van der Waals surface area contributed by atoms with Gasteiger partial charge in [-0.05, 0) is 66.6 Å². The van der Waals surface area contributed by atoms with Crippen molar-refractivity contribution in [3.63, 3.8) is 0 Å². The Morgan fingerprint density at radius 2 is 1.18 bits per heavy atom. The Bertz CT molecular complexity index is 1130. The number of hydrogen-bond donors (Lipinski definition) is 4. The first kappa shape index (κ1) is 26.2. The largest absolute Gasteiger partial charge is 0.508 e. The predicted octanol–water partition coefficient (Wildman–Crippen LogP) is 5.62. The summed E-state index contributed by atoms with van der Waals surface area (Å²) in [7, 11) is 0. The molecule has 1 aliphatic rings. The number of rotatable bonds is 3. The third-order valence-electron chi connectivity index (χ3n) is 7.04. The van der Waals surface area contributed by atoms with E-state index in [0.717, 1.165) is 24.3 Å². The smallest absolute Gasteiger partial charge is 0.421 e. The Labute approximate surface area is 192 Å². The average Bonchev–Trinajstić information content (AvgIpc) is 2.85. The highest BCUT2D eigenvalue weighted by Gasteiger charge is 2.55. The Morgan fingerprint density at radius 1 is 0.706 bits per heavy atom. The third kappa shape index (κ3) is 3.71. The number of aliphatic hydroxyl groups is 2. The summed E-state index contributed by atoms with van der Waals surface area (Å²) < 4.78 is 80.7. The van der Waals surface area contributed by atoms with Gasteiger partial charge in [-0.2, -0.15) is 26.3 Å². The number of phenols is 2. The molecule has 0 amide bonds. The molecule has 0 aromatic heterocycles. The lowest BCUT2D eigenvalue weighted by molar-refractivity contribution is -0.259. The minimum atomic E-state index is -5.09. The van der Waals surface area contributed by atoms with Crippen LogP contribution in [0.1, 0.15) is 68.9 Å². The number of hydrogen-bond acceptors (Lipinski definition) is 4. The lowest BCUT2D eigenvalue weighted by atomic mass is 9.74. The van der Waals surface area contributed by atoms with Crippen molar-refractivity contribution in [1.82, 2.24) is 0 Å². The molecular weight excluding hydrogens is 466 g/mol. The van der Waals surface area contributed by atoms with Crippen molar-refractivity contribution < 1.29 is 46.8 Å². The standard InChI is InChI=1S/C24H26F6O4/c1-19(2)11-20(3,12-6-7-17(31)15(8-12)21(4,33)23(25,26)27)14-10-18(32)16(9-13(14)19)22(5,34)24(28,29)30/h6-10,31-34H,11H2,1-5H3. The van der Waals surface area contributed by atoms with E-state index in [1.165, 1.54) is 6.07 Å². The molecule has 4 nitrogen and oxygen atoms in total. The van der Waals surface area contributed by atoms with Crippen LogP contribution in [0.4, 0.5) is 26.3 Å². The van der Waals surface area contributed by atoms with Crippen molar-refractivity contribution in [2.45, 2.75) is 75.4 Å². The maximum absolute atomic E-state index is 13.5. The molecule has 0 saturated heterocycles. The zero-order chi connectivity index (χ0) is 26.3. The van der Waals surface area contributed by atoms with Crippen molar-refractivity contribution in [2.75, 3.05) is 0 Å². The maximum atomic E-state index is 13.5. The molecule has 10 heteroatoms. The second-order valence-electron chi connectivity index (χ2n) is 10.2. The predicted molar refractivity (Wildman–Crippen MR) is 112 cm³/mol. The van der Waals surface area contributed by atoms with Gasteiger partial charge in [-0.1, -0.05) is 26.8 Å². The second kappa shape index (κ2) is 7.27. The van der Waals surface area contributed by atoms with Crippen molar-refractivity contribution >= 4 is 0 Å². The average molecular weight is 492 g/mol. The number of phenolic OH excluding ortho intramolecular Hbond substituents is 2. The monoisotopic (exact) mass is 492 g/mol. The molecule has 2 aromatic rings. The van der Waals surface area contributed by atoms with E-state index in [2.05, 4.69) is 0 Å². The first-order chi connectivity index (χ1) is 15.1. The lowest BCUT2D eigenvalue weighted by Gasteiger charge is -2.32. The van der Waals surface area contributed by atoms with Crippen LogP contribution in [0, 0.1) is 0 Å². The Hall–Kier alpha value is -2.46. The topological polar surface area (TPSA) is 80.9 Å². The molecule has 3 atom stereocenters. The molecule has 34 heavy (non-hydrogen) atoms. The Kier molecular flexibility index (Phi) is 5.59. The second-order valence-corrected chi connectivity index (χ2v) is 10.2. The van der Waals surface area contributed by atoms with Gasteiger partial charge >= 0.3 is 12.4 Å². The van der Waals surface area contributed by atoms with E-state index in [4.69, 9.17) is 0 Å². The van der Waals surface area contributed by atoms with Gasteiger partial charge in [0.15, 0.2) is 11.2 Å². The van der Waals surface area contributed by atoms with Crippen LogP contribution >= 0.6 is 0 Å². The molecule has 0 saturated carbocycles. The number of benzene rings is 2. The van der Waals surface area contributed by atoms with Gasteiger partial charge in [0.25, 0.3) is 0 Å². The van der Waals surface area contributed by atoms with Crippen LogP contribution in [0.25, 0.3) is 0 Å². The molecule has 3 rings (SSSR count). The normalized spacial score (nSPS) is 23.8. The fourth-order valence-corrected chi connectivity index (χ4v) is 4.90. The summed E-state index contributed by atoms with van der Waals surface area (Å²) in [6.07, 6.45) is -9.93. The minimum absolute atomic E-state index is 0.227. The molecule has 3 unspecified atom stereocenters. The highest BCUT2D eigenvalue weighted by molar-refractivity contribution is 5.58. The van der Waals surface area contributed by atoms with E-state index in [1.807, 2.05) is 0 Å². The Balaban J connectivity index is 2.26. The van der Waals surface area contributed by atoms with Crippen LogP contribution in [0.2, 0.25) is 0 Å². The summed E-state index contributed by atoms with van der Waals surface area (Å²) >= 11 is 0. The van der Waals surface area contributed by atoms with E-state index in [1.54, 1.807) is 20.8 Å². The zero-order valence-electron chi connectivity index (χ0n) is 19.2. The van der Waals surface area contributed by atoms with Gasteiger partial charge in [0.2, 0.25) is 0 Å². The van der Waals surface area contributed by atoms with Gasteiger partial charge in [0.1, 0.15) is 11.5 Å². The fraction of sp³-hybridized carbons (Fsp3) is 0.500. The van der Waals surface area contributed by atoms with Gasteiger partial charge in [0, 0.05) is 16.5 Å². The van der Waals surface area contributed by atoms with E-state index in [9.17, 15) is 46.8 Å². The zero-order valence-corrected chi connectivity index (χ0v) is 19.2. The summed E-state index contributed by atoms with van der Waals surface area (Å²) in [4.78, 5) is 0. The maximum Gasteiger partial charge on any atom is 0.421 e. The summed E-state index contributed by atoms with van der Waals surface area (Å²) in [5.74, 6) is -1.59. The molecule has 188 valence electrons. The van der Waals surface area contributed by atoms with E-state index in [0.29, 0.717) is 25.0 Å². The van der Waals surface area contributed by atoms with Crippen molar-refractivity contribution in [3.8, 4) is 11.5 Å². The van der Waals surface area contributed by atoms with Gasteiger partial charge in [-0.15, -0.1) is 0 Å². The summed E-state index contributed by atoms with van der Waals surface area (Å²) in [6, 6.07) is 5.58. The summed E-state index contributed by atoms with van der Waals surface area (Å²) in [5, 5.41) is 40.8. The van der Waals surface area contributed by atoms with Crippen LogP contribution in [0.5, 0.6) is 11.5 Å². The van der Waals surface area contributed by atoms with Crippen molar-refractivity contribution in [2.24, 2.45) is 0 Å². The molecule has 0 radical (unpaired) electrons. The van der Waals surface area contributed by atoms with Crippen LogP contribution in [-0.4, -0.2) is 32.8 Å². The van der Waals surface area contributed by atoms with E-state index in [-0.39, 0.29) is 12.0 Å². The molecule has 4 N–H and O–H groups in total. The van der Waals surface area contributed by atoms with E-state index >= 15 is 0 Å². The summed E-state index contributed by atoms with van der Waals surface area (Å²) in [5.41, 5.74) is -9.10. The first-order valence-electron chi connectivity index (χ1n) is 10.4. The van der Waals surface area contributed by atoms with Crippen LogP contribution in [-0.2, 0) is 22.0 Å². The molecule has 0 bridgehead atoms. The SMILES string of the molecule is CC1(C)CC(C)(c2ccc(O)c(C(C)(O)C(F)(F)F)c2)c2cc(O)c(C(C)(O)C(F)(F)F)cc21. The lowest BCUT2D eigenvalue weighted by Crippen LogP contribution is -2.39. The molecular formula is C24H26F6O4. The number of halogens is 6. The highest BCUT2D eigenvalue weighted by atomic mass is 19.4. The molecule has 1 aliphatic carbocycles. The highest BCUT2D eigenvalue weighted by Crippen LogP contribution is 2.56. The van der Waals surface area contributed by atoms with Crippen LogP contribution < -0.4 is 0 Å². The van der Waals surface area contributed by atoms with Gasteiger partial charge in [-0.3, -0.25) is 0 Å². The number of fused-ring (bicyclic) bond motifs is 1. The van der Waals surface area contributed by atoms with Crippen LogP contribution in [0.3, 0.4) is 0 Å². The molecule has 2 aromatic carbocycles. The van der Waals surface area contributed by atoms with Gasteiger partial charge < -0.3 is 20.4 Å². The molecule has 0 aliphatic heterocycles. The quantitative estimate of drug-likeness (QED) is 0.419. The van der Waals surface area contributed by atoms with E-state index < -0.39 is 57.0 Å². The number of alkyl halides is 6. The summed E-state index contributed by atoms with van der Waals surface area (Å²) in [6.45, 7) is 6.15. The van der Waals surface area contributed by atoms with Crippen molar-refractivity contribution in [3.05, 3.63) is 58.1 Å². The van der Waals surface area contributed by atoms with Gasteiger partial charge in [0.05, 0.1) is 0 Å². The number of aromatic hydroxyl groups is 2. The molecule has 0 heterocycles. The Morgan fingerprint density at radius 3 is 1.65 bits per heavy atom. The van der Waals surface area contributed by atoms with Crippen LogP contribution in [0.15, 0.2) is 30.3 Å².